The maximum absolute atomic E-state index is 12.8. The summed E-state index contributed by atoms with van der Waals surface area (Å²) in [6.45, 7) is 7.59. The van der Waals surface area contributed by atoms with Crippen molar-refractivity contribution in [2.45, 2.75) is 53.3 Å². The van der Waals surface area contributed by atoms with Gasteiger partial charge < -0.3 is 19.8 Å². The van der Waals surface area contributed by atoms with Gasteiger partial charge in [0.05, 0.1) is 12.6 Å². The van der Waals surface area contributed by atoms with Gasteiger partial charge in [-0.3, -0.25) is 9.59 Å². The van der Waals surface area contributed by atoms with E-state index in [2.05, 4.69) is 15.7 Å². The molecule has 2 amide bonds. The number of amides is 2. The summed E-state index contributed by atoms with van der Waals surface area (Å²) in [5.41, 5.74) is 0.813. The number of Topliss-reactive ketones (excluding diaryl/α,β-unsaturated/α-hetero) is 1. The number of rotatable bonds is 11. The molecule has 1 unspecified atom stereocenters. The summed E-state index contributed by atoms with van der Waals surface area (Å²) in [5.74, 6) is -2.04. The summed E-state index contributed by atoms with van der Waals surface area (Å²) < 4.78 is 11.1. The lowest BCUT2D eigenvalue weighted by atomic mass is 10.00. The van der Waals surface area contributed by atoms with Gasteiger partial charge >= 0.3 is 11.8 Å². The Kier molecular flexibility index (Phi) is 9.18. The van der Waals surface area contributed by atoms with Gasteiger partial charge in [0.1, 0.15) is 13.2 Å². The van der Waals surface area contributed by atoms with Gasteiger partial charge in [-0.05, 0) is 23.8 Å². The molecule has 0 aliphatic rings. The van der Waals surface area contributed by atoms with Crippen molar-refractivity contribution < 1.29 is 23.5 Å². The molecule has 2 rings (SSSR count). The minimum absolute atomic E-state index is 0.0671. The van der Waals surface area contributed by atoms with E-state index in [1.807, 2.05) is 58.0 Å². The minimum Gasteiger partial charge on any atom is -0.445 e. The van der Waals surface area contributed by atoms with Crippen LogP contribution >= 0.6 is 0 Å². The number of ketones is 1. The lowest BCUT2D eigenvalue weighted by Gasteiger charge is -2.18. The first-order chi connectivity index (χ1) is 15.2. The molecule has 0 fully saturated rings. The van der Waals surface area contributed by atoms with E-state index in [1.165, 1.54) is 0 Å². The topological polar surface area (TPSA) is 133 Å². The first kappa shape index (κ1) is 24.8. The van der Waals surface area contributed by atoms with Crippen LogP contribution in [0.15, 0.2) is 39.5 Å². The van der Waals surface area contributed by atoms with Crippen molar-refractivity contribution in [3.63, 3.8) is 0 Å². The molecule has 1 aromatic heterocycles. The van der Waals surface area contributed by atoms with E-state index in [0.717, 1.165) is 10.2 Å². The number of carbonyl (C=O) groups excluding carboxylic acids is 3. The summed E-state index contributed by atoms with van der Waals surface area (Å²) in [6, 6.07) is 8.16. The molecule has 0 aliphatic heterocycles. The van der Waals surface area contributed by atoms with Crippen LogP contribution in [0.4, 0.5) is 4.79 Å². The van der Waals surface area contributed by atoms with E-state index in [-0.39, 0.29) is 30.9 Å². The summed E-state index contributed by atoms with van der Waals surface area (Å²) >= 11 is 0. The molecular formula is C22H30N4O6. The van der Waals surface area contributed by atoms with Crippen LogP contribution in [0.25, 0.3) is 0 Å². The highest BCUT2D eigenvalue weighted by atomic mass is 16.5. The number of alkyl carbamates (subject to hydrolysis) is 1. The van der Waals surface area contributed by atoms with E-state index < -0.39 is 29.6 Å². The molecule has 10 nitrogen and oxygen atoms in total. The van der Waals surface area contributed by atoms with Crippen molar-refractivity contribution in [3.05, 3.63) is 52.3 Å². The molecule has 1 aromatic carbocycles. The van der Waals surface area contributed by atoms with E-state index in [1.54, 1.807) is 0 Å². The Morgan fingerprint density at radius 2 is 1.78 bits per heavy atom. The molecule has 2 aromatic rings. The number of nitrogens with zero attached hydrogens (tertiary/aromatic N) is 2. The third-order valence-electron chi connectivity index (χ3n) is 4.32. The average molecular weight is 447 g/mol. The molecule has 32 heavy (non-hydrogen) atoms. The second-order valence-corrected chi connectivity index (χ2v) is 8.28. The largest absolute Gasteiger partial charge is 0.445 e. The first-order valence-corrected chi connectivity index (χ1v) is 10.5. The molecule has 2 N–H and O–H groups in total. The van der Waals surface area contributed by atoms with Crippen LogP contribution in [0.1, 0.15) is 50.4 Å². The molecule has 0 bridgehead atoms. The number of ether oxygens (including phenoxy) is 1. The van der Waals surface area contributed by atoms with E-state index in [0.29, 0.717) is 13.0 Å². The van der Waals surface area contributed by atoms with Gasteiger partial charge in [0.25, 0.3) is 5.89 Å². The molecule has 10 heteroatoms. The maximum Gasteiger partial charge on any atom is 0.437 e. The summed E-state index contributed by atoms with van der Waals surface area (Å²) in [5, 5.41) is 8.88. The first-order valence-electron chi connectivity index (χ1n) is 10.5. The minimum atomic E-state index is -0.949. The number of benzene rings is 1. The zero-order valence-corrected chi connectivity index (χ0v) is 18.8. The molecule has 0 saturated carbocycles. The van der Waals surface area contributed by atoms with Crippen LogP contribution in [0, 0.1) is 11.8 Å². The standard InChI is InChI=1S/C22H30N4O6/c1-14(2)10-17(19(28)20-25-26(12-15(3)4)22(30)32-20)24-18(27)11-23-21(29)31-13-16-8-6-5-7-9-16/h5-9,14-15,17H,10-13H2,1-4H3,(H,23,29)(H,24,27). The number of hydrogen-bond acceptors (Lipinski definition) is 7. The fourth-order valence-corrected chi connectivity index (χ4v) is 2.89. The molecule has 1 heterocycles. The number of nitrogens with one attached hydrogen (secondary N) is 2. The summed E-state index contributed by atoms with van der Waals surface area (Å²) in [6.07, 6.45) is -0.446. The normalized spacial score (nSPS) is 11.9. The highest BCUT2D eigenvalue weighted by Gasteiger charge is 2.28. The highest BCUT2D eigenvalue weighted by molar-refractivity contribution is 5.98. The Hall–Kier alpha value is -3.43. The van der Waals surface area contributed by atoms with Gasteiger partial charge in [-0.1, -0.05) is 58.0 Å². The summed E-state index contributed by atoms with van der Waals surface area (Å²) in [4.78, 5) is 48.9. The molecule has 0 aliphatic carbocycles. The number of aromatic nitrogens is 2. The second kappa shape index (κ2) is 11.8. The fourth-order valence-electron chi connectivity index (χ4n) is 2.89. The molecule has 0 radical (unpaired) electrons. The van der Waals surface area contributed by atoms with Gasteiger partial charge in [0, 0.05) is 0 Å². The molecule has 0 saturated heterocycles. The molecule has 174 valence electrons. The zero-order chi connectivity index (χ0) is 23.7. The Morgan fingerprint density at radius 1 is 1.09 bits per heavy atom. The van der Waals surface area contributed by atoms with Crippen LogP contribution < -0.4 is 16.4 Å². The van der Waals surface area contributed by atoms with Crippen LogP contribution in [0.3, 0.4) is 0 Å². The fraction of sp³-hybridized carbons (Fsp3) is 0.500. The smallest absolute Gasteiger partial charge is 0.437 e. The Labute approximate surface area is 186 Å². The number of hydrogen-bond donors (Lipinski definition) is 2. The lowest BCUT2D eigenvalue weighted by molar-refractivity contribution is -0.120. The van der Waals surface area contributed by atoms with Gasteiger partial charge in [0.15, 0.2) is 0 Å². The van der Waals surface area contributed by atoms with Crippen molar-refractivity contribution in [1.82, 2.24) is 20.4 Å². The third kappa shape index (κ3) is 8.01. The van der Waals surface area contributed by atoms with Gasteiger partial charge in [-0.15, -0.1) is 5.10 Å². The van der Waals surface area contributed by atoms with E-state index in [9.17, 15) is 19.2 Å². The average Bonchev–Trinajstić information content (AvgIpc) is 3.09. The van der Waals surface area contributed by atoms with Crippen molar-refractivity contribution in [3.8, 4) is 0 Å². The van der Waals surface area contributed by atoms with Crippen LogP contribution in [-0.2, 0) is 22.7 Å². The van der Waals surface area contributed by atoms with Gasteiger partial charge in [0.2, 0.25) is 11.7 Å². The Balaban J connectivity index is 1.93. The molecule has 1 atom stereocenters. The van der Waals surface area contributed by atoms with Crippen LogP contribution in [-0.4, -0.2) is 40.2 Å². The predicted molar refractivity (Wildman–Crippen MR) is 116 cm³/mol. The Bertz CT molecular complexity index is 964. The van der Waals surface area contributed by atoms with Crippen molar-refractivity contribution in [2.75, 3.05) is 6.54 Å². The van der Waals surface area contributed by atoms with Crippen molar-refractivity contribution in [1.29, 1.82) is 0 Å². The van der Waals surface area contributed by atoms with Crippen molar-refractivity contribution in [2.24, 2.45) is 11.8 Å². The second-order valence-electron chi connectivity index (χ2n) is 8.28. The lowest BCUT2D eigenvalue weighted by Crippen LogP contribution is -2.46. The quantitative estimate of drug-likeness (QED) is 0.505. The van der Waals surface area contributed by atoms with Crippen LogP contribution in [0.2, 0.25) is 0 Å². The van der Waals surface area contributed by atoms with Gasteiger partial charge in [-0.25, -0.2) is 9.59 Å². The zero-order valence-electron chi connectivity index (χ0n) is 18.8. The predicted octanol–water partition coefficient (Wildman–Crippen LogP) is 2.13. The third-order valence-corrected chi connectivity index (χ3v) is 4.32. The van der Waals surface area contributed by atoms with Crippen molar-refractivity contribution >= 4 is 17.8 Å². The number of carbonyl (C=O) groups is 3. The highest BCUT2D eigenvalue weighted by Crippen LogP contribution is 2.10. The maximum atomic E-state index is 12.8. The summed E-state index contributed by atoms with van der Waals surface area (Å²) in [7, 11) is 0. The Morgan fingerprint density at radius 3 is 2.41 bits per heavy atom. The molecular weight excluding hydrogens is 416 g/mol. The van der Waals surface area contributed by atoms with Crippen LogP contribution in [0.5, 0.6) is 0 Å². The van der Waals surface area contributed by atoms with E-state index in [4.69, 9.17) is 9.15 Å². The monoisotopic (exact) mass is 446 g/mol. The van der Waals surface area contributed by atoms with E-state index >= 15 is 0 Å². The van der Waals surface area contributed by atoms with Gasteiger partial charge in [-0.2, -0.15) is 4.68 Å². The molecule has 0 spiro atoms. The SMILES string of the molecule is CC(C)CC(NC(=O)CNC(=O)OCc1ccccc1)C(=O)c1nn(CC(C)C)c(=O)o1.